The molecule has 0 spiro atoms. The predicted molar refractivity (Wildman–Crippen MR) is 103 cm³/mol. The number of hydrogen-bond acceptors (Lipinski definition) is 5. The van der Waals surface area contributed by atoms with Crippen molar-refractivity contribution < 1.29 is 9.21 Å². The Morgan fingerprint density at radius 1 is 1.12 bits per heavy atom. The van der Waals surface area contributed by atoms with Gasteiger partial charge in [0.1, 0.15) is 10.8 Å². The van der Waals surface area contributed by atoms with Crippen LogP contribution >= 0.6 is 22.9 Å². The Labute approximate surface area is 159 Å². The molecule has 6 heteroatoms. The van der Waals surface area contributed by atoms with Gasteiger partial charge in [0, 0.05) is 28.8 Å². The third-order valence-electron chi connectivity index (χ3n) is 4.48. The highest BCUT2D eigenvalue weighted by Crippen LogP contribution is 2.36. The van der Waals surface area contributed by atoms with Crippen molar-refractivity contribution in [2.75, 3.05) is 0 Å². The second kappa shape index (κ2) is 6.18. The van der Waals surface area contributed by atoms with E-state index in [1.807, 2.05) is 31.4 Å². The Balaban J connectivity index is 1.76. The van der Waals surface area contributed by atoms with Gasteiger partial charge in [-0.3, -0.25) is 4.79 Å². The summed E-state index contributed by atoms with van der Waals surface area (Å²) in [5, 5.41) is 3.08. The first-order valence-corrected chi connectivity index (χ1v) is 9.50. The summed E-state index contributed by atoms with van der Waals surface area (Å²) in [7, 11) is 0. The van der Waals surface area contributed by atoms with E-state index in [0.717, 1.165) is 11.3 Å². The van der Waals surface area contributed by atoms with E-state index in [4.69, 9.17) is 16.0 Å². The SMILES string of the molecule is CC1(C)CC(=O)c2cc(-c3nc(-c4ccc(Cl)cc4)cs3)c(=O)oc2C1. The number of benzene rings is 1. The summed E-state index contributed by atoms with van der Waals surface area (Å²) < 4.78 is 5.49. The molecule has 0 atom stereocenters. The van der Waals surface area contributed by atoms with Crippen LogP contribution in [-0.2, 0) is 6.42 Å². The predicted octanol–water partition coefficient (Wildman–Crippen LogP) is 5.24. The Bertz CT molecular complexity index is 1060. The van der Waals surface area contributed by atoms with Crippen molar-refractivity contribution in [2.45, 2.75) is 26.7 Å². The molecule has 4 nitrogen and oxygen atoms in total. The van der Waals surface area contributed by atoms with Gasteiger partial charge in [0.2, 0.25) is 0 Å². The summed E-state index contributed by atoms with van der Waals surface area (Å²) >= 11 is 7.27. The van der Waals surface area contributed by atoms with Crippen LogP contribution in [0.5, 0.6) is 0 Å². The van der Waals surface area contributed by atoms with Crippen LogP contribution in [-0.4, -0.2) is 10.8 Å². The van der Waals surface area contributed by atoms with Crippen molar-refractivity contribution in [2.24, 2.45) is 5.41 Å². The van der Waals surface area contributed by atoms with Gasteiger partial charge in [-0.15, -0.1) is 11.3 Å². The lowest BCUT2D eigenvalue weighted by Crippen LogP contribution is -2.28. The Kier molecular flexibility index (Phi) is 4.09. The second-order valence-electron chi connectivity index (χ2n) is 7.27. The zero-order valence-corrected chi connectivity index (χ0v) is 15.9. The van der Waals surface area contributed by atoms with Gasteiger partial charge >= 0.3 is 5.63 Å². The third-order valence-corrected chi connectivity index (χ3v) is 5.61. The molecular weight excluding hydrogens is 370 g/mol. The highest BCUT2D eigenvalue weighted by molar-refractivity contribution is 7.13. The molecule has 1 aromatic carbocycles. The first kappa shape index (κ1) is 17.2. The summed E-state index contributed by atoms with van der Waals surface area (Å²) in [6.45, 7) is 4.00. The molecule has 1 aliphatic carbocycles. The first-order chi connectivity index (χ1) is 12.3. The van der Waals surface area contributed by atoms with Crippen molar-refractivity contribution in [1.82, 2.24) is 4.98 Å². The molecule has 1 aliphatic rings. The van der Waals surface area contributed by atoms with Gasteiger partial charge in [0.25, 0.3) is 0 Å². The maximum atomic E-state index is 12.5. The van der Waals surface area contributed by atoms with Gasteiger partial charge in [0.15, 0.2) is 5.78 Å². The van der Waals surface area contributed by atoms with Crippen LogP contribution < -0.4 is 5.63 Å². The highest BCUT2D eigenvalue weighted by atomic mass is 35.5. The largest absolute Gasteiger partial charge is 0.427 e. The molecular formula is C20H16ClNO3S. The maximum absolute atomic E-state index is 12.5. The summed E-state index contributed by atoms with van der Waals surface area (Å²) in [5.74, 6) is 0.491. The standard InChI is InChI=1S/C20H16ClNO3S/c1-20(2)8-16(23)13-7-14(19(24)25-17(13)9-20)18-22-15(10-26-18)11-3-5-12(21)6-4-11/h3-7,10H,8-9H2,1-2H3. The average Bonchev–Trinajstić information content (AvgIpc) is 3.03. The molecule has 0 amide bonds. The molecule has 0 fully saturated rings. The number of Topliss-reactive ketones (excluding diaryl/α,β-unsaturated/α-hetero) is 1. The van der Waals surface area contributed by atoms with Crippen LogP contribution in [0.2, 0.25) is 5.02 Å². The number of carbonyl (C=O) groups is 1. The van der Waals surface area contributed by atoms with Gasteiger partial charge in [-0.05, 0) is 23.6 Å². The minimum atomic E-state index is -0.453. The van der Waals surface area contributed by atoms with E-state index in [-0.39, 0.29) is 11.2 Å². The number of halogens is 1. The fourth-order valence-corrected chi connectivity index (χ4v) is 4.16. The molecule has 0 saturated carbocycles. The Hall–Kier alpha value is -2.24. The van der Waals surface area contributed by atoms with E-state index < -0.39 is 5.63 Å². The van der Waals surface area contributed by atoms with Crippen LogP contribution in [0, 0.1) is 5.41 Å². The minimum Gasteiger partial charge on any atom is -0.427 e. The van der Waals surface area contributed by atoms with Crippen molar-refractivity contribution in [3.63, 3.8) is 0 Å². The molecule has 0 N–H and O–H groups in total. The molecule has 0 unspecified atom stereocenters. The second-order valence-corrected chi connectivity index (χ2v) is 8.56. The molecule has 0 aliphatic heterocycles. The number of carbonyl (C=O) groups excluding carboxylic acids is 1. The maximum Gasteiger partial charge on any atom is 0.346 e. The normalized spacial score (nSPS) is 15.7. The summed E-state index contributed by atoms with van der Waals surface area (Å²) in [6, 6.07) is 8.99. The van der Waals surface area contributed by atoms with Crippen LogP contribution in [0.1, 0.15) is 36.4 Å². The number of hydrogen-bond donors (Lipinski definition) is 0. The number of aromatic nitrogens is 1. The monoisotopic (exact) mass is 385 g/mol. The van der Waals surface area contributed by atoms with Gasteiger partial charge < -0.3 is 4.42 Å². The number of fused-ring (bicyclic) bond motifs is 1. The fourth-order valence-electron chi connectivity index (χ4n) is 3.20. The third kappa shape index (κ3) is 3.13. The van der Waals surface area contributed by atoms with E-state index in [9.17, 15) is 9.59 Å². The van der Waals surface area contributed by atoms with E-state index in [2.05, 4.69) is 4.98 Å². The lowest BCUT2D eigenvalue weighted by atomic mass is 9.76. The molecule has 26 heavy (non-hydrogen) atoms. The zero-order chi connectivity index (χ0) is 18.5. The van der Waals surface area contributed by atoms with E-state index in [0.29, 0.717) is 39.8 Å². The molecule has 2 heterocycles. The average molecular weight is 386 g/mol. The van der Waals surface area contributed by atoms with Gasteiger partial charge in [-0.25, -0.2) is 9.78 Å². The van der Waals surface area contributed by atoms with Gasteiger partial charge in [0.05, 0.1) is 16.8 Å². The molecule has 4 rings (SSSR count). The fraction of sp³-hybridized carbons (Fsp3) is 0.250. The van der Waals surface area contributed by atoms with Crippen LogP contribution in [0.4, 0.5) is 0 Å². The lowest BCUT2D eigenvalue weighted by molar-refractivity contribution is 0.0898. The van der Waals surface area contributed by atoms with Crippen molar-refractivity contribution in [3.05, 3.63) is 62.5 Å². The van der Waals surface area contributed by atoms with E-state index in [1.165, 1.54) is 11.3 Å². The zero-order valence-electron chi connectivity index (χ0n) is 14.3. The molecule has 132 valence electrons. The number of rotatable bonds is 2. The van der Waals surface area contributed by atoms with E-state index >= 15 is 0 Å². The lowest BCUT2D eigenvalue weighted by Gasteiger charge is -2.28. The van der Waals surface area contributed by atoms with Gasteiger partial charge in [-0.1, -0.05) is 37.6 Å². The van der Waals surface area contributed by atoms with Crippen LogP contribution in [0.15, 0.2) is 44.9 Å². The van der Waals surface area contributed by atoms with Crippen LogP contribution in [0.3, 0.4) is 0 Å². The number of nitrogens with zero attached hydrogens (tertiary/aromatic N) is 1. The molecule has 0 bridgehead atoms. The smallest absolute Gasteiger partial charge is 0.346 e. The molecule has 0 radical (unpaired) electrons. The molecule has 0 saturated heterocycles. The van der Waals surface area contributed by atoms with Crippen LogP contribution in [0.25, 0.3) is 21.8 Å². The number of thiazole rings is 1. The topological polar surface area (TPSA) is 60.2 Å². The Morgan fingerprint density at radius 3 is 2.58 bits per heavy atom. The number of ketones is 1. The highest BCUT2D eigenvalue weighted by Gasteiger charge is 2.33. The first-order valence-electron chi connectivity index (χ1n) is 8.24. The van der Waals surface area contributed by atoms with Gasteiger partial charge in [-0.2, -0.15) is 0 Å². The Morgan fingerprint density at radius 2 is 1.85 bits per heavy atom. The summed E-state index contributed by atoms with van der Waals surface area (Å²) in [4.78, 5) is 29.5. The minimum absolute atomic E-state index is 0.00994. The van der Waals surface area contributed by atoms with Crippen molar-refractivity contribution in [1.29, 1.82) is 0 Å². The van der Waals surface area contributed by atoms with Crippen molar-refractivity contribution >= 4 is 28.7 Å². The molecule has 3 aromatic rings. The van der Waals surface area contributed by atoms with Crippen molar-refractivity contribution in [3.8, 4) is 21.8 Å². The summed E-state index contributed by atoms with van der Waals surface area (Å²) in [6.07, 6.45) is 1.03. The van der Waals surface area contributed by atoms with E-state index in [1.54, 1.807) is 18.2 Å². The quantitative estimate of drug-likeness (QED) is 0.605. The molecule has 2 aromatic heterocycles. The summed E-state index contributed by atoms with van der Waals surface area (Å²) in [5.41, 5.74) is 1.86.